The molecule has 3 nitrogen and oxygen atoms in total. The summed E-state index contributed by atoms with van der Waals surface area (Å²) in [6, 6.07) is 9.83. The van der Waals surface area contributed by atoms with Gasteiger partial charge in [0.2, 0.25) is 0 Å². The summed E-state index contributed by atoms with van der Waals surface area (Å²) in [7, 11) is 0. The molecule has 1 heterocycles. The van der Waals surface area contributed by atoms with Crippen LogP contribution in [0.3, 0.4) is 0 Å². The van der Waals surface area contributed by atoms with E-state index in [4.69, 9.17) is 5.41 Å². The lowest BCUT2D eigenvalue weighted by atomic mass is 9.83. The molecule has 2 atom stereocenters. The highest BCUT2D eigenvalue weighted by Crippen LogP contribution is 2.30. The molecule has 2 unspecified atom stereocenters. The predicted molar refractivity (Wildman–Crippen MR) is 79.0 cm³/mol. The number of nitrogens with zero attached hydrogens (tertiary/aromatic N) is 1. The van der Waals surface area contributed by atoms with Crippen LogP contribution in [0.2, 0.25) is 0 Å². The first-order valence-corrected chi connectivity index (χ1v) is 7.34. The van der Waals surface area contributed by atoms with Crippen LogP contribution in [0, 0.1) is 11.3 Å². The first-order chi connectivity index (χ1) is 9.72. The van der Waals surface area contributed by atoms with Gasteiger partial charge in [-0.15, -0.1) is 0 Å². The van der Waals surface area contributed by atoms with E-state index >= 15 is 0 Å². The number of nitrogens with one attached hydrogen (secondary N) is 2. The highest BCUT2D eigenvalue weighted by atomic mass is 19.1. The molecule has 2 N–H and O–H groups in total. The Hall–Kier alpha value is -1.71. The molecule has 0 aromatic heterocycles. The number of hydrogen-bond acceptors (Lipinski definition) is 1. The standard InChI is InChI=1S/C16H20FN3/c17-13-10-14(12-7-2-1-3-8-12)19-16(13)20-15(18)9-11-5-4-6-11/h1-3,7-8,11,13-14H,4-6,9-10H2,(H2,18,19,20). The molecule has 1 saturated heterocycles. The second kappa shape index (κ2) is 5.73. The minimum Gasteiger partial charge on any atom is -0.364 e. The Bertz CT molecular complexity index is 508. The smallest absolute Gasteiger partial charge is 0.159 e. The van der Waals surface area contributed by atoms with Crippen molar-refractivity contribution in [1.29, 1.82) is 5.41 Å². The van der Waals surface area contributed by atoms with Crippen LogP contribution in [0.5, 0.6) is 0 Å². The van der Waals surface area contributed by atoms with Crippen LogP contribution in [0.15, 0.2) is 35.3 Å². The zero-order chi connectivity index (χ0) is 13.9. The van der Waals surface area contributed by atoms with Gasteiger partial charge in [0.1, 0.15) is 11.7 Å². The maximum atomic E-state index is 14.0. The van der Waals surface area contributed by atoms with E-state index in [1.54, 1.807) is 0 Å². The Labute approximate surface area is 118 Å². The van der Waals surface area contributed by atoms with Gasteiger partial charge in [-0.3, -0.25) is 5.41 Å². The Morgan fingerprint density at radius 2 is 2.05 bits per heavy atom. The number of hydrogen-bond donors (Lipinski definition) is 2. The number of alkyl halides is 1. The molecule has 1 aliphatic heterocycles. The fourth-order valence-electron chi connectivity index (χ4n) is 2.81. The SMILES string of the molecule is N=C(CC1CCC1)/N=C1\NC(c2ccccc2)CC1F. The van der Waals surface area contributed by atoms with Gasteiger partial charge in [-0.1, -0.05) is 49.6 Å². The van der Waals surface area contributed by atoms with E-state index in [0.29, 0.717) is 30.4 Å². The van der Waals surface area contributed by atoms with Crippen molar-refractivity contribution in [1.82, 2.24) is 5.32 Å². The quantitative estimate of drug-likeness (QED) is 0.641. The summed E-state index contributed by atoms with van der Waals surface area (Å²) in [5.74, 6) is 1.24. The van der Waals surface area contributed by atoms with Gasteiger partial charge < -0.3 is 5.32 Å². The molecule has 106 valence electrons. The van der Waals surface area contributed by atoms with Gasteiger partial charge in [0.15, 0.2) is 6.17 Å². The van der Waals surface area contributed by atoms with Crippen LogP contribution in [0.25, 0.3) is 0 Å². The average Bonchev–Trinajstić information content (AvgIpc) is 2.77. The lowest BCUT2D eigenvalue weighted by molar-refractivity contribution is 0.326. The van der Waals surface area contributed by atoms with Crippen molar-refractivity contribution in [2.75, 3.05) is 0 Å². The number of amidine groups is 2. The Morgan fingerprint density at radius 3 is 2.70 bits per heavy atom. The molecule has 1 aromatic carbocycles. The van der Waals surface area contributed by atoms with Crippen molar-refractivity contribution in [3.05, 3.63) is 35.9 Å². The minimum absolute atomic E-state index is 0.0264. The molecule has 1 aliphatic carbocycles. The fourth-order valence-corrected chi connectivity index (χ4v) is 2.81. The molecule has 1 aromatic rings. The third-order valence-corrected chi connectivity index (χ3v) is 4.23. The Kier molecular flexibility index (Phi) is 3.81. The van der Waals surface area contributed by atoms with Gasteiger partial charge in [0.25, 0.3) is 0 Å². The number of aliphatic imine (C=N–C) groups is 1. The number of benzene rings is 1. The van der Waals surface area contributed by atoms with Crippen molar-refractivity contribution in [2.45, 2.75) is 44.3 Å². The highest BCUT2D eigenvalue weighted by molar-refractivity contribution is 5.99. The molecule has 1 saturated carbocycles. The molecule has 0 amide bonds. The zero-order valence-electron chi connectivity index (χ0n) is 11.5. The summed E-state index contributed by atoms with van der Waals surface area (Å²) in [5.41, 5.74) is 1.07. The van der Waals surface area contributed by atoms with E-state index < -0.39 is 6.17 Å². The molecular formula is C16H20FN3. The molecule has 0 spiro atoms. The van der Waals surface area contributed by atoms with Gasteiger partial charge in [-0.25, -0.2) is 9.38 Å². The summed E-state index contributed by atoms with van der Waals surface area (Å²) >= 11 is 0. The van der Waals surface area contributed by atoms with E-state index in [-0.39, 0.29) is 6.04 Å². The predicted octanol–water partition coefficient (Wildman–Crippen LogP) is 3.63. The van der Waals surface area contributed by atoms with Crippen molar-refractivity contribution in [3.8, 4) is 0 Å². The maximum absolute atomic E-state index is 14.0. The summed E-state index contributed by atoms with van der Waals surface area (Å²) in [6.07, 6.45) is 3.64. The average molecular weight is 273 g/mol. The summed E-state index contributed by atoms with van der Waals surface area (Å²) in [5, 5.41) is 11.0. The maximum Gasteiger partial charge on any atom is 0.159 e. The monoisotopic (exact) mass is 273 g/mol. The highest BCUT2D eigenvalue weighted by Gasteiger charge is 2.31. The van der Waals surface area contributed by atoms with E-state index in [2.05, 4.69) is 10.3 Å². The number of halogens is 1. The molecule has 0 radical (unpaired) electrons. The Balaban J connectivity index is 1.64. The van der Waals surface area contributed by atoms with Crippen LogP contribution in [0.4, 0.5) is 4.39 Å². The molecule has 2 aliphatic rings. The molecule has 2 fully saturated rings. The van der Waals surface area contributed by atoms with E-state index in [0.717, 1.165) is 5.56 Å². The van der Waals surface area contributed by atoms with Crippen LogP contribution in [0.1, 0.15) is 43.7 Å². The molecule has 4 heteroatoms. The minimum atomic E-state index is -1.08. The zero-order valence-corrected chi connectivity index (χ0v) is 11.5. The van der Waals surface area contributed by atoms with Crippen molar-refractivity contribution in [2.24, 2.45) is 10.9 Å². The second-order valence-corrected chi connectivity index (χ2v) is 5.76. The van der Waals surface area contributed by atoms with Gasteiger partial charge in [0, 0.05) is 12.8 Å². The van der Waals surface area contributed by atoms with Crippen molar-refractivity contribution < 1.29 is 4.39 Å². The van der Waals surface area contributed by atoms with Crippen molar-refractivity contribution >= 4 is 11.7 Å². The van der Waals surface area contributed by atoms with E-state index in [1.807, 2.05) is 30.3 Å². The van der Waals surface area contributed by atoms with Crippen LogP contribution < -0.4 is 5.32 Å². The molecule has 0 bridgehead atoms. The van der Waals surface area contributed by atoms with Gasteiger partial charge >= 0.3 is 0 Å². The first-order valence-electron chi connectivity index (χ1n) is 7.34. The van der Waals surface area contributed by atoms with Gasteiger partial charge in [0.05, 0.1) is 6.04 Å². The van der Waals surface area contributed by atoms with Crippen LogP contribution in [-0.4, -0.2) is 17.8 Å². The largest absolute Gasteiger partial charge is 0.364 e. The topological polar surface area (TPSA) is 48.2 Å². The number of rotatable bonds is 3. The van der Waals surface area contributed by atoms with E-state index in [1.165, 1.54) is 19.3 Å². The Morgan fingerprint density at radius 1 is 1.30 bits per heavy atom. The summed E-state index contributed by atoms with van der Waals surface area (Å²) in [4.78, 5) is 4.17. The van der Waals surface area contributed by atoms with Crippen LogP contribution in [-0.2, 0) is 0 Å². The van der Waals surface area contributed by atoms with Gasteiger partial charge in [-0.2, -0.15) is 0 Å². The molecule has 20 heavy (non-hydrogen) atoms. The molecule has 3 rings (SSSR count). The third-order valence-electron chi connectivity index (χ3n) is 4.23. The summed E-state index contributed by atoms with van der Waals surface area (Å²) in [6.45, 7) is 0. The first kappa shape index (κ1) is 13.3. The second-order valence-electron chi connectivity index (χ2n) is 5.76. The van der Waals surface area contributed by atoms with Crippen molar-refractivity contribution in [3.63, 3.8) is 0 Å². The molecular weight excluding hydrogens is 253 g/mol. The summed E-state index contributed by atoms with van der Waals surface area (Å²) < 4.78 is 14.0. The lowest BCUT2D eigenvalue weighted by Gasteiger charge is -2.24. The van der Waals surface area contributed by atoms with E-state index in [9.17, 15) is 4.39 Å². The third kappa shape index (κ3) is 2.89. The fraction of sp³-hybridized carbons (Fsp3) is 0.500. The lowest BCUT2D eigenvalue weighted by Crippen LogP contribution is -2.25. The van der Waals surface area contributed by atoms with Gasteiger partial charge in [-0.05, 0) is 11.5 Å². The van der Waals surface area contributed by atoms with Crippen LogP contribution >= 0.6 is 0 Å². The normalized spacial score (nSPS) is 28.1.